The molecule has 0 bridgehead atoms. The van der Waals surface area contributed by atoms with Gasteiger partial charge in [0.15, 0.2) is 0 Å². The van der Waals surface area contributed by atoms with Crippen LogP contribution in [0.15, 0.2) is 24.3 Å². The van der Waals surface area contributed by atoms with Crippen LogP contribution in [0.3, 0.4) is 0 Å². The van der Waals surface area contributed by atoms with Crippen LogP contribution >= 0.6 is 0 Å². The summed E-state index contributed by atoms with van der Waals surface area (Å²) < 4.78 is 17.8. The Kier molecular flexibility index (Phi) is 5.75. The molecule has 2 rings (SSSR count). The van der Waals surface area contributed by atoms with Crippen LogP contribution in [0.25, 0.3) is 0 Å². The number of aryl methyl sites for hydroxylation is 1. The maximum atomic E-state index is 12.4. The molecule has 1 aromatic rings. The summed E-state index contributed by atoms with van der Waals surface area (Å²) in [5, 5.41) is 0.139. The minimum atomic E-state index is -0.915. The molecule has 1 aliphatic rings. The van der Waals surface area contributed by atoms with Crippen molar-refractivity contribution in [2.45, 2.75) is 50.5 Å². The lowest BCUT2D eigenvalue weighted by molar-refractivity contribution is 0.127. The zero-order valence-corrected chi connectivity index (χ0v) is 13.2. The first kappa shape index (κ1) is 15.7. The molecule has 1 aromatic carbocycles. The van der Waals surface area contributed by atoms with Crippen molar-refractivity contribution >= 4 is 10.8 Å². The van der Waals surface area contributed by atoms with Gasteiger partial charge in [0.2, 0.25) is 0 Å². The number of ether oxygens (including phenoxy) is 1. The molecule has 0 amide bonds. The fraction of sp³-hybridized carbons (Fsp3) is 0.625. The molecule has 0 saturated carbocycles. The molecule has 1 aliphatic heterocycles. The molecule has 3 nitrogen and oxygen atoms in total. The summed E-state index contributed by atoms with van der Waals surface area (Å²) in [6, 6.07) is 8.24. The van der Waals surface area contributed by atoms with Crippen molar-refractivity contribution in [2.24, 2.45) is 5.73 Å². The SMILES string of the molecule is CCCc1ccc(C(N)CS(=O)C2CCOC2C)cc1. The Balaban J connectivity index is 1.93. The van der Waals surface area contributed by atoms with Gasteiger partial charge in [0.25, 0.3) is 0 Å². The summed E-state index contributed by atoms with van der Waals surface area (Å²) >= 11 is 0. The Bertz CT molecular complexity index is 446. The molecular formula is C16H25NO2S. The third-order valence-corrected chi connectivity index (χ3v) is 5.92. The van der Waals surface area contributed by atoms with E-state index in [-0.39, 0.29) is 17.4 Å². The summed E-state index contributed by atoms with van der Waals surface area (Å²) in [6.07, 6.45) is 3.22. The quantitative estimate of drug-likeness (QED) is 0.877. The van der Waals surface area contributed by atoms with Gasteiger partial charge in [-0.25, -0.2) is 0 Å². The fourth-order valence-electron chi connectivity index (χ4n) is 2.67. The topological polar surface area (TPSA) is 52.3 Å². The van der Waals surface area contributed by atoms with Gasteiger partial charge in [-0.3, -0.25) is 4.21 Å². The lowest BCUT2D eigenvalue weighted by atomic mass is 10.0. The first-order valence-electron chi connectivity index (χ1n) is 7.45. The number of nitrogens with two attached hydrogens (primary N) is 1. The van der Waals surface area contributed by atoms with E-state index in [0.29, 0.717) is 5.75 Å². The average Bonchev–Trinajstić information content (AvgIpc) is 2.86. The number of rotatable bonds is 6. The predicted molar refractivity (Wildman–Crippen MR) is 84.2 cm³/mol. The van der Waals surface area contributed by atoms with Gasteiger partial charge in [-0.2, -0.15) is 0 Å². The molecular weight excluding hydrogens is 270 g/mol. The van der Waals surface area contributed by atoms with Gasteiger partial charge in [-0.05, 0) is 30.9 Å². The van der Waals surface area contributed by atoms with Crippen molar-refractivity contribution in [3.05, 3.63) is 35.4 Å². The monoisotopic (exact) mass is 295 g/mol. The second-order valence-electron chi connectivity index (χ2n) is 5.55. The van der Waals surface area contributed by atoms with Gasteiger partial charge in [0, 0.05) is 29.2 Å². The maximum absolute atomic E-state index is 12.4. The lowest BCUT2D eigenvalue weighted by Crippen LogP contribution is -2.29. The predicted octanol–water partition coefficient (Wildman–Crippen LogP) is 2.57. The van der Waals surface area contributed by atoms with E-state index in [1.165, 1.54) is 5.56 Å². The molecule has 2 N–H and O–H groups in total. The van der Waals surface area contributed by atoms with Crippen LogP contribution < -0.4 is 5.73 Å². The highest BCUT2D eigenvalue weighted by molar-refractivity contribution is 7.85. The first-order chi connectivity index (χ1) is 9.61. The van der Waals surface area contributed by atoms with Gasteiger partial charge in [-0.1, -0.05) is 37.6 Å². The minimum Gasteiger partial charge on any atom is -0.377 e. The summed E-state index contributed by atoms with van der Waals surface area (Å²) in [6.45, 7) is 4.90. The van der Waals surface area contributed by atoms with E-state index in [1.807, 2.05) is 6.92 Å². The molecule has 0 aliphatic carbocycles. The molecule has 20 heavy (non-hydrogen) atoms. The Hall–Kier alpha value is -0.710. The van der Waals surface area contributed by atoms with Crippen LogP contribution in [-0.2, 0) is 22.0 Å². The van der Waals surface area contributed by atoms with E-state index >= 15 is 0 Å². The minimum absolute atomic E-state index is 0.0926. The van der Waals surface area contributed by atoms with Crippen molar-refractivity contribution in [1.29, 1.82) is 0 Å². The number of hydrogen-bond acceptors (Lipinski definition) is 3. The molecule has 112 valence electrons. The molecule has 1 fully saturated rings. The molecule has 4 heteroatoms. The Morgan fingerprint density at radius 1 is 1.40 bits per heavy atom. The van der Waals surface area contributed by atoms with Gasteiger partial charge in [0.1, 0.15) is 0 Å². The van der Waals surface area contributed by atoms with Gasteiger partial charge >= 0.3 is 0 Å². The summed E-state index contributed by atoms with van der Waals surface area (Å²) in [5.41, 5.74) is 8.61. The zero-order valence-electron chi connectivity index (χ0n) is 12.4. The molecule has 0 aromatic heterocycles. The van der Waals surface area contributed by atoms with Crippen molar-refractivity contribution in [3.63, 3.8) is 0 Å². The van der Waals surface area contributed by atoms with Crippen LogP contribution in [-0.4, -0.2) is 27.9 Å². The zero-order chi connectivity index (χ0) is 14.5. The van der Waals surface area contributed by atoms with Crippen LogP contribution in [0.1, 0.15) is 43.9 Å². The molecule has 0 spiro atoms. The lowest BCUT2D eigenvalue weighted by Gasteiger charge is -2.17. The number of benzene rings is 1. The second kappa shape index (κ2) is 7.34. The third kappa shape index (κ3) is 3.90. The smallest absolute Gasteiger partial charge is 0.0691 e. The maximum Gasteiger partial charge on any atom is 0.0691 e. The van der Waals surface area contributed by atoms with Gasteiger partial charge < -0.3 is 10.5 Å². The van der Waals surface area contributed by atoms with Crippen LogP contribution in [0.2, 0.25) is 0 Å². The van der Waals surface area contributed by atoms with Gasteiger partial charge in [0.05, 0.1) is 11.4 Å². The summed E-state index contributed by atoms with van der Waals surface area (Å²) in [4.78, 5) is 0. The van der Waals surface area contributed by atoms with Crippen molar-refractivity contribution in [2.75, 3.05) is 12.4 Å². The third-order valence-electron chi connectivity index (χ3n) is 3.93. The van der Waals surface area contributed by atoms with E-state index in [1.54, 1.807) is 0 Å². The van der Waals surface area contributed by atoms with E-state index in [4.69, 9.17) is 10.5 Å². The van der Waals surface area contributed by atoms with E-state index in [2.05, 4.69) is 31.2 Å². The highest BCUT2D eigenvalue weighted by Crippen LogP contribution is 2.22. The summed E-state index contributed by atoms with van der Waals surface area (Å²) in [7, 11) is -0.915. The molecule has 1 saturated heterocycles. The molecule has 1 heterocycles. The van der Waals surface area contributed by atoms with E-state index in [0.717, 1.165) is 31.4 Å². The van der Waals surface area contributed by atoms with Crippen molar-refractivity contribution < 1.29 is 8.95 Å². The highest BCUT2D eigenvalue weighted by Gasteiger charge is 2.30. The Morgan fingerprint density at radius 2 is 2.10 bits per heavy atom. The molecule has 4 unspecified atom stereocenters. The second-order valence-corrected chi connectivity index (χ2v) is 7.25. The molecule has 4 atom stereocenters. The number of hydrogen-bond donors (Lipinski definition) is 1. The van der Waals surface area contributed by atoms with Crippen molar-refractivity contribution in [1.82, 2.24) is 0 Å². The average molecular weight is 295 g/mol. The Labute approximate surface area is 124 Å². The highest BCUT2D eigenvalue weighted by atomic mass is 32.2. The van der Waals surface area contributed by atoms with Crippen molar-refractivity contribution in [3.8, 4) is 0 Å². The van der Waals surface area contributed by atoms with Crippen LogP contribution in [0.4, 0.5) is 0 Å². The molecule has 0 radical (unpaired) electrons. The summed E-state index contributed by atoms with van der Waals surface area (Å²) in [5.74, 6) is 0.519. The van der Waals surface area contributed by atoms with Crippen LogP contribution in [0.5, 0.6) is 0 Å². The first-order valence-corrected chi connectivity index (χ1v) is 8.83. The Morgan fingerprint density at radius 3 is 2.65 bits per heavy atom. The van der Waals surface area contributed by atoms with Crippen LogP contribution in [0, 0.1) is 0 Å². The normalized spacial score (nSPS) is 25.6. The van der Waals surface area contributed by atoms with Gasteiger partial charge in [-0.15, -0.1) is 0 Å². The van der Waals surface area contributed by atoms with E-state index < -0.39 is 10.8 Å². The van der Waals surface area contributed by atoms with E-state index in [9.17, 15) is 4.21 Å². The largest absolute Gasteiger partial charge is 0.377 e. The fourth-order valence-corrected chi connectivity index (χ4v) is 4.33. The standard InChI is InChI=1S/C16H25NO2S/c1-3-4-13-5-7-14(8-6-13)15(17)11-20(18)16-9-10-19-12(16)2/h5-8,12,15-16H,3-4,9-11,17H2,1-2H3.